The van der Waals surface area contributed by atoms with Gasteiger partial charge in [-0.25, -0.2) is 0 Å². The van der Waals surface area contributed by atoms with E-state index in [-0.39, 0.29) is 0 Å². The van der Waals surface area contributed by atoms with Gasteiger partial charge in [0.2, 0.25) is 0 Å². The van der Waals surface area contributed by atoms with Crippen molar-refractivity contribution in [3.63, 3.8) is 0 Å². The average Bonchev–Trinajstić information content (AvgIpc) is 2.23. The van der Waals surface area contributed by atoms with Crippen LogP contribution < -0.4 is 0 Å². The molecule has 2 rings (SSSR count). The number of H-pyrrole nitrogens is 1. The van der Waals surface area contributed by atoms with Crippen molar-refractivity contribution >= 4 is 35.4 Å². The van der Waals surface area contributed by atoms with Crippen molar-refractivity contribution in [3.8, 4) is 11.3 Å². The second kappa shape index (κ2) is 4.31. The normalized spacial score (nSPS) is 10.3. The number of nitrogens with one attached hydrogen (secondary N) is 1. The summed E-state index contributed by atoms with van der Waals surface area (Å²) in [6.07, 6.45) is 3.33. The molecule has 1 aromatic heterocycles. The molecular weight excluding hydrogens is 251 g/mol. The first-order chi connectivity index (χ1) is 7.18. The maximum absolute atomic E-state index is 5.91. The van der Waals surface area contributed by atoms with Crippen LogP contribution in [0.25, 0.3) is 11.3 Å². The predicted octanol–water partition coefficient (Wildman–Crippen LogP) is 4.11. The minimum atomic E-state index is 0.495. The summed E-state index contributed by atoms with van der Waals surface area (Å²) in [5.41, 5.74) is 1.55. The van der Waals surface area contributed by atoms with Crippen LogP contribution in [-0.4, -0.2) is 9.97 Å². The van der Waals surface area contributed by atoms with Gasteiger partial charge in [0.15, 0.2) is 0 Å². The molecule has 0 aliphatic heterocycles. The van der Waals surface area contributed by atoms with Crippen molar-refractivity contribution in [1.82, 2.24) is 9.97 Å². The van der Waals surface area contributed by atoms with E-state index >= 15 is 0 Å². The standard InChI is InChI=1S/C10H6Cl2N2S/c11-7-2-1-6(5-8(7)12)9-10(15)14-4-3-13-9/h1-5H,(H,14,15). The Kier molecular flexibility index (Phi) is 3.05. The maximum atomic E-state index is 5.91. The molecule has 0 spiro atoms. The number of aromatic amines is 1. The third-order valence-corrected chi connectivity index (χ3v) is 2.95. The zero-order valence-corrected chi connectivity index (χ0v) is 9.83. The van der Waals surface area contributed by atoms with E-state index in [9.17, 15) is 0 Å². The number of rotatable bonds is 1. The van der Waals surface area contributed by atoms with Gasteiger partial charge in [-0.15, -0.1) is 0 Å². The molecule has 0 amide bonds. The monoisotopic (exact) mass is 256 g/mol. The molecule has 2 nitrogen and oxygen atoms in total. The van der Waals surface area contributed by atoms with E-state index in [4.69, 9.17) is 35.4 Å². The Hall–Kier alpha value is -0.900. The number of aromatic nitrogens is 2. The van der Waals surface area contributed by atoms with Gasteiger partial charge in [0.1, 0.15) is 10.3 Å². The Morgan fingerprint density at radius 2 is 2.00 bits per heavy atom. The molecule has 15 heavy (non-hydrogen) atoms. The zero-order chi connectivity index (χ0) is 10.8. The molecule has 0 aliphatic carbocycles. The summed E-state index contributed by atoms with van der Waals surface area (Å²) in [5.74, 6) is 0. The van der Waals surface area contributed by atoms with E-state index in [0.29, 0.717) is 20.4 Å². The van der Waals surface area contributed by atoms with E-state index in [0.717, 1.165) is 5.56 Å². The third kappa shape index (κ3) is 2.20. The van der Waals surface area contributed by atoms with Gasteiger partial charge in [-0.3, -0.25) is 4.98 Å². The minimum absolute atomic E-state index is 0.495. The zero-order valence-electron chi connectivity index (χ0n) is 7.50. The van der Waals surface area contributed by atoms with E-state index in [1.54, 1.807) is 24.5 Å². The lowest BCUT2D eigenvalue weighted by Crippen LogP contribution is -1.86. The van der Waals surface area contributed by atoms with E-state index in [1.807, 2.05) is 6.07 Å². The number of hydrogen-bond donors (Lipinski definition) is 1. The number of benzene rings is 1. The fraction of sp³-hybridized carbons (Fsp3) is 0. The third-order valence-electron chi connectivity index (χ3n) is 1.90. The molecule has 0 saturated heterocycles. The molecular formula is C10H6Cl2N2S. The van der Waals surface area contributed by atoms with Crippen LogP contribution in [0, 0.1) is 4.64 Å². The van der Waals surface area contributed by atoms with Crippen LogP contribution in [0.1, 0.15) is 0 Å². The molecule has 5 heteroatoms. The maximum Gasteiger partial charge on any atom is 0.129 e. The molecule has 0 saturated carbocycles. The van der Waals surface area contributed by atoms with Crippen LogP contribution in [-0.2, 0) is 0 Å². The fourth-order valence-corrected chi connectivity index (χ4v) is 1.74. The first kappa shape index (κ1) is 10.6. The average molecular weight is 257 g/mol. The Balaban J connectivity index is 2.60. The predicted molar refractivity (Wildman–Crippen MR) is 64.9 cm³/mol. The van der Waals surface area contributed by atoms with E-state index in [2.05, 4.69) is 9.97 Å². The molecule has 2 aromatic rings. The number of halogens is 2. The molecule has 1 aromatic carbocycles. The van der Waals surface area contributed by atoms with Crippen LogP contribution >= 0.6 is 35.4 Å². The first-order valence-corrected chi connectivity index (χ1v) is 5.34. The van der Waals surface area contributed by atoms with Gasteiger partial charge in [-0.2, -0.15) is 0 Å². The second-order valence-electron chi connectivity index (χ2n) is 2.90. The summed E-state index contributed by atoms with van der Waals surface area (Å²) >= 11 is 16.8. The Morgan fingerprint density at radius 1 is 1.20 bits per heavy atom. The Labute approximate surface area is 102 Å². The number of nitrogens with zero attached hydrogens (tertiary/aromatic N) is 1. The molecule has 0 radical (unpaired) electrons. The summed E-state index contributed by atoms with van der Waals surface area (Å²) < 4.78 is 0.580. The van der Waals surface area contributed by atoms with E-state index < -0.39 is 0 Å². The molecule has 0 fully saturated rings. The minimum Gasteiger partial charge on any atom is -0.350 e. The highest BCUT2D eigenvalue weighted by molar-refractivity contribution is 7.71. The summed E-state index contributed by atoms with van der Waals surface area (Å²) in [7, 11) is 0. The Morgan fingerprint density at radius 3 is 2.67 bits per heavy atom. The highest BCUT2D eigenvalue weighted by Crippen LogP contribution is 2.27. The van der Waals surface area contributed by atoms with Gasteiger partial charge in [0, 0.05) is 18.0 Å². The van der Waals surface area contributed by atoms with Crippen LogP contribution in [0.2, 0.25) is 10.0 Å². The van der Waals surface area contributed by atoms with Crippen molar-refractivity contribution in [3.05, 3.63) is 45.3 Å². The molecule has 0 atom stereocenters. The van der Waals surface area contributed by atoms with Gasteiger partial charge < -0.3 is 4.98 Å². The fourth-order valence-electron chi connectivity index (χ4n) is 1.20. The second-order valence-corrected chi connectivity index (χ2v) is 4.12. The summed E-state index contributed by atoms with van der Waals surface area (Å²) in [4.78, 5) is 7.09. The van der Waals surface area contributed by atoms with Crippen LogP contribution in [0.4, 0.5) is 0 Å². The molecule has 0 aliphatic rings. The van der Waals surface area contributed by atoms with Gasteiger partial charge in [-0.1, -0.05) is 41.5 Å². The van der Waals surface area contributed by atoms with Gasteiger partial charge >= 0.3 is 0 Å². The smallest absolute Gasteiger partial charge is 0.129 e. The summed E-state index contributed by atoms with van der Waals surface area (Å²) in [6.45, 7) is 0. The van der Waals surface area contributed by atoms with Gasteiger partial charge in [-0.05, 0) is 12.1 Å². The van der Waals surface area contributed by atoms with Crippen LogP contribution in [0.5, 0.6) is 0 Å². The lowest BCUT2D eigenvalue weighted by atomic mass is 10.2. The van der Waals surface area contributed by atoms with Crippen molar-refractivity contribution in [1.29, 1.82) is 0 Å². The van der Waals surface area contributed by atoms with Crippen LogP contribution in [0.3, 0.4) is 0 Å². The van der Waals surface area contributed by atoms with Gasteiger partial charge in [0.05, 0.1) is 10.0 Å². The van der Waals surface area contributed by atoms with Crippen LogP contribution in [0.15, 0.2) is 30.6 Å². The highest BCUT2D eigenvalue weighted by atomic mass is 35.5. The highest BCUT2D eigenvalue weighted by Gasteiger charge is 2.04. The first-order valence-electron chi connectivity index (χ1n) is 4.17. The Bertz CT molecular complexity index is 551. The lowest BCUT2D eigenvalue weighted by Gasteiger charge is -2.02. The van der Waals surface area contributed by atoms with E-state index in [1.165, 1.54) is 0 Å². The SMILES string of the molecule is S=c1[nH]ccnc1-c1ccc(Cl)c(Cl)c1. The summed E-state index contributed by atoms with van der Waals surface area (Å²) in [6, 6.07) is 5.30. The molecule has 76 valence electrons. The molecule has 0 unspecified atom stereocenters. The summed E-state index contributed by atoms with van der Waals surface area (Å²) in [5, 5.41) is 1.01. The van der Waals surface area contributed by atoms with Crippen molar-refractivity contribution in [2.75, 3.05) is 0 Å². The molecule has 1 heterocycles. The number of hydrogen-bond acceptors (Lipinski definition) is 2. The van der Waals surface area contributed by atoms with Gasteiger partial charge in [0.25, 0.3) is 0 Å². The quantitative estimate of drug-likeness (QED) is 0.778. The van der Waals surface area contributed by atoms with Crippen molar-refractivity contribution < 1.29 is 0 Å². The topological polar surface area (TPSA) is 28.7 Å². The van der Waals surface area contributed by atoms with Crippen molar-refractivity contribution in [2.45, 2.75) is 0 Å². The molecule has 0 bridgehead atoms. The van der Waals surface area contributed by atoms with Crippen molar-refractivity contribution in [2.24, 2.45) is 0 Å². The molecule has 1 N–H and O–H groups in total. The lowest BCUT2D eigenvalue weighted by molar-refractivity contribution is 1.18. The largest absolute Gasteiger partial charge is 0.350 e.